The van der Waals surface area contributed by atoms with E-state index in [1.807, 2.05) is 123 Å². The van der Waals surface area contributed by atoms with Crippen LogP contribution in [-0.4, -0.2) is 24.3 Å². The van der Waals surface area contributed by atoms with E-state index in [-0.39, 0.29) is 6.61 Å². The van der Waals surface area contributed by atoms with Gasteiger partial charge in [-0.3, -0.25) is 0 Å². The number of carbonyl (C=O) groups is 2. The molecule has 6 rings (SSSR count). The first-order valence-electron chi connectivity index (χ1n) is 14.2. The van der Waals surface area contributed by atoms with Crippen LogP contribution in [0.25, 0.3) is 5.70 Å². The highest BCUT2D eigenvalue weighted by molar-refractivity contribution is 6.21. The summed E-state index contributed by atoms with van der Waals surface area (Å²) in [6, 6.07) is 34.7. The number of aryl methyl sites for hydroxylation is 2. The normalized spacial score (nSPS) is 21.5. The fourth-order valence-corrected chi connectivity index (χ4v) is 6.17. The third-order valence-electron chi connectivity index (χ3n) is 8.13. The first kappa shape index (κ1) is 27.2. The lowest BCUT2D eigenvalue weighted by molar-refractivity contribution is -0.151. The van der Waals surface area contributed by atoms with Crippen molar-refractivity contribution in [3.05, 3.63) is 148 Å². The molecule has 42 heavy (non-hydrogen) atoms. The van der Waals surface area contributed by atoms with Gasteiger partial charge in [0.15, 0.2) is 5.41 Å². The molecule has 1 spiro atoms. The van der Waals surface area contributed by atoms with E-state index in [0.29, 0.717) is 17.0 Å². The summed E-state index contributed by atoms with van der Waals surface area (Å²) >= 11 is 0. The number of benzene rings is 4. The lowest BCUT2D eigenvalue weighted by atomic mass is 9.57. The maximum atomic E-state index is 14.5. The molecule has 0 aliphatic carbocycles. The first-order chi connectivity index (χ1) is 20.4. The standard InChI is InChI=1S/C36H32N2O4/c1-4-41-34(39)29-30(25-19-15-23(2)16-20-25)36(33(38-42-35(36)40)27-13-9-6-10-14-27)32(28-21-17-24(3)18-22-28)37-31(29)26-11-7-5-8-12-26/h5-22,30,32,37H,4H2,1-3H3/t30-,32-,36-/m1/s1. The number of nitrogens with zero attached hydrogens (tertiary/aromatic N) is 1. The van der Waals surface area contributed by atoms with E-state index in [1.165, 1.54) is 0 Å². The summed E-state index contributed by atoms with van der Waals surface area (Å²) in [5.41, 5.74) is 5.37. The van der Waals surface area contributed by atoms with Crippen molar-refractivity contribution in [2.75, 3.05) is 6.61 Å². The van der Waals surface area contributed by atoms with E-state index in [1.54, 1.807) is 6.92 Å². The van der Waals surface area contributed by atoms with Crippen LogP contribution in [0.3, 0.4) is 0 Å². The Kier molecular flexibility index (Phi) is 7.21. The Morgan fingerprint density at radius 3 is 1.93 bits per heavy atom. The van der Waals surface area contributed by atoms with Gasteiger partial charge in [0.05, 0.1) is 23.9 Å². The highest BCUT2D eigenvalue weighted by Crippen LogP contribution is 2.59. The highest BCUT2D eigenvalue weighted by Gasteiger charge is 2.65. The number of oxime groups is 1. The molecule has 0 saturated carbocycles. The van der Waals surface area contributed by atoms with Crippen LogP contribution in [-0.2, 0) is 19.2 Å². The molecule has 2 aliphatic heterocycles. The molecule has 6 nitrogen and oxygen atoms in total. The number of ether oxygens (including phenoxy) is 1. The second-order valence-corrected chi connectivity index (χ2v) is 10.8. The highest BCUT2D eigenvalue weighted by atomic mass is 16.7. The zero-order valence-electron chi connectivity index (χ0n) is 23.8. The van der Waals surface area contributed by atoms with Gasteiger partial charge in [0.2, 0.25) is 0 Å². The summed E-state index contributed by atoms with van der Waals surface area (Å²) in [7, 11) is 0. The molecule has 4 aromatic rings. The molecule has 0 unspecified atom stereocenters. The van der Waals surface area contributed by atoms with Crippen molar-refractivity contribution in [1.29, 1.82) is 0 Å². The largest absolute Gasteiger partial charge is 0.463 e. The van der Waals surface area contributed by atoms with Crippen molar-refractivity contribution in [1.82, 2.24) is 5.32 Å². The lowest BCUT2D eigenvalue weighted by Gasteiger charge is -2.47. The van der Waals surface area contributed by atoms with E-state index in [0.717, 1.165) is 33.4 Å². The molecule has 3 atom stereocenters. The molecule has 0 radical (unpaired) electrons. The maximum Gasteiger partial charge on any atom is 0.350 e. The quantitative estimate of drug-likeness (QED) is 0.212. The van der Waals surface area contributed by atoms with Gasteiger partial charge < -0.3 is 14.9 Å². The molecule has 2 heterocycles. The molecular formula is C36H32N2O4. The van der Waals surface area contributed by atoms with Crippen molar-refractivity contribution >= 4 is 23.3 Å². The van der Waals surface area contributed by atoms with Gasteiger partial charge in [-0.05, 0) is 37.5 Å². The number of esters is 1. The van der Waals surface area contributed by atoms with Gasteiger partial charge in [0.25, 0.3) is 0 Å². The van der Waals surface area contributed by atoms with Gasteiger partial charge in [0, 0.05) is 11.5 Å². The number of hydrogen-bond donors (Lipinski definition) is 1. The van der Waals surface area contributed by atoms with Crippen molar-refractivity contribution in [2.45, 2.75) is 32.7 Å². The molecule has 1 N–H and O–H groups in total. The predicted molar refractivity (Wildman–Crippen MR) is 162 cm³/mol. The Hall–Kier alpha value is -4.97. The molecule has 2 aliphatic rings. The number of hydrogen-bond acceptors (Lipinski definition) is 6. The Labute approximate surface area is 245 Å². The first-order valence-corrected chi connectivity index (χ1v) is 14.2. The summed E-state index contributed by atoms with van der Waals surface area (Å²) in [5.74, 6) is -1.81. The Morgan fingerprint density at radius 1 is 0.810 bits per heavy atom. The van der Waals surface area contributed by atoms with Gasteiger partial charge in [-0.2, -0.15) is 0 Å². The van der Waals surface area contributed by atoms with Crippen LogP contribution in [0, 0.1) is 19.3 Å². The van der Waals surface area contributed by atoms with Gasteiger partial charge >= 0.3 is 11.9 Å². The van der Waals surface area contributed by atoms with Crippen molar-refractivity contribution in [2.24, 2.45) is 10.6 Å². The fourth-order valence-electron chi connectivity index (χ4n) is 6.17. The van der Waals surface area contributed by atoms with Crippen LogP contribution in [0.4, 0.5) is 0 Å². The zero-order chi connectivity index (χ0) is 29.3. The number of nitrogens with one attached hydrogen (secondary N) is 1. The van der Waals surface area contributed by atoms with E-state index in [9.17, 15) is 9.59 Å². The summed E-state index contributed by atoms with van der Waals surface area (Å²) in [4.78, 5) is 34.2. The second kappa shape index (κ2) is 11.1. The number of carbonyl (C=O) groups excluding carboxylic acids is 2. The Morgan fingerprint density at radius 2 is 1.36 bits per heavy atom. The van der Waals surface area contributed by atoms with Gasteiger partial charge in [-0.25, -0.2) is 9.59 Å². The summed E-state index contributed by atoms with van der Waals surface area (Å²) in [6.07, 6.45) is 0. The van der Waals surface area contributed by atoms with Crippen LogP contribution in [0.1, 0.15) is 52.3 Å². The van der Waals surface area contributed by atoms with Crippen molar-refractivity contribution in [3.8, 4) is 0 Å². The van der Waals surface area contributed by atoms with Crippen LogP contribution in [0.15, 0.2) is 120 Å². The third kappa shape index (κ3) is 4.49. The topological polar surface area (TPSA) is 77.0 Å². The van der Waals surface area contributed by atoms with E-state index in [4.69, 9.17) is 9.57 Å². The molecule has 0 aromatic heterocycles. The van der Waals surface area contributed by atoms with Crippen LogP contribution < -0.4 is 5.32 Å². The monoisotopic (exact) mass is 556 g/mol. The van der Waals surface area contributed by atoms with Gasteiger partial charge in [0.1, 0.15) is 5.71 Å². The lowest BCUT2D eigenvalue weighted by Crippen LogP contribution is -2.55. The minimum Gasteiger partial charge on any atom is -0.463 e. The van der Waals surface area contributed by atoms with Crippen LogP contribution >= 0.6 is 0 Å². The summed E-state index contributed by atoms with van der Waals surface area (Å²) < 4.78 is 5.72. The van der Waals surface area contributed by atoms with Crippen molar-refractivity contribution < 1.29 is 19.2 Å². The fraction of sp³-hybridized carbons (Fsp3) is 0.194. The molecular weight excluding hydrogens is 524 g/mol. The van der Waals surface area contributed by atoms with Crippen LogP contribution in [0.2, 0.25) is 0 Å². The SMILES string of the molecule is CCOC(=O)C1=C(c2ccccc2)N[C@H](c2ccc(C)cc2)[C@]2(C(=O)ON=C2c2ccccc2)[C@@H]1c1ccc(C)cc1. The molecule has 4 aromatic carbocycles. The molecule has 6 heteroatoms. The van der Waals surface area contributed by atoms with Gasteiger partial charge in [-0.1, -0.05) is 125 Å². The zero-order valence-corrected chi connectivity index (χ0v) is 23.8. The summed E-state index contributed by atoms with van der Waals surface area (Å²) in [6.45, 7) is 6.00. The molecule has 0 amide bonds. The summed E-state index contributed by atoms with van der Waals surface area (Å²) in [5, 5.41) is 8.11. The minimum absolute atomic E-state index is 0.184. The third-order valence-corrected chi connectivity index (χ3v) is 8.13. The molecule has 0 saturated heterocycles. The Balaban J connectivity index is 1.75. The van der Waals surface area contributed by atoms with E-state index < -0.39 is 29.3 Å². The molecule has 0 fully saturated rings. The van der Waals surface area contributed by atoms with Crippen molar-refractivity contribution in [3.63, 3.8) is 0 Å². The second-order valence-electron chi connectivity index (χ2n) is 10.8. The van der Waals surface area contributed by atoms with Gasteiger partial charge in [-0.15, -0.1) is 0 Å². The van der Waals surface area contributed by atoms with Crippen LogP contribution in [0.5, 0.6) is 0 Å². The molecule has 0 bridgehead atoms. The average molecular weight is 557 g/mol. The smallest absolute Gasteiger partial charge is 0.350 e. The Bertz CT molecular complexity index is 1680. The molecule has 210 valence electrons. The average Bonchev–Trinajstić information content (AvgIpc) is 3.35. The van der Waals surface area contributed by atoms with E-state index >= 15 is 0 Å². The maximum absolute atomic E-state index is 14.5. The predicted octanol–water partition coefficient (Wildman–Crippen LogP) is 6.65. The van der Waals surface area contributed by atoms with E-state index in [2.05, 4.69) is 10.5 Å². The minimum atomic E-state index is -1.44. The number of rotatable bonds is 6.